The Hall–Kier alpha value is -1.01. The van der Waals surface area contributed by atoms with Gasteiger partial charge in [0.25, 0.3) is 0 Å². The van der Waals surface area contributed by atoms with E-state index in [9.17, 15) is 0 Å². The van der Waals surface area contributed by atoms with Gasteiger partial charge in [0.15, 0.2) is 0 Å². The molecule has 1 saturated heterocycles. The van der Waals surface area contributed by atoms with Gasteiger partial charge in [0, 0.05) is 45.1 Å². The predicted octanol–water partition coefficient (Wildman–Crippen LogP) is 1.17. The number of nitrogens with one attached hydrogen (secondary N) is 1. The van der Waals surface area contributed by atoms with Gasteiger partial charge in [0.05, 0.1) is 11.6 Å². The molecule has 0 spiro atoms. The molecule has 5 heteroatoms. The standard InChI is InChI=1S/C13H21N3O2/c1-2-18-13(5-8-17-9-6-13)12(16-14)11-4-3-7-15-10-11/h3-4,7,10,12,16H,2,5-6,8-9,14H2,1H3. The number of rotatable bonds is 5. The molecule has 1 aliphatic rings. The Morgan fingerprint density at radius 3 is 2.89 bits per heavy atom. The lowest BCUT2D eigenvalue weighted by molar-refractivity contribution is -0.128. The van der Waals surface area contributed by atoms with E-state index in [-0.39, 0.29) is 11.6 Å². The summed E-state index contributed by atoms with van der Waals surface area (Å²) in [6, 6.07) is 3.88. The van der Waals surface area contributed by atoms with Crippen molar-refractivity contribution in [2.24, 2.45) is 5.84 Å². The van der Waals surface area contributed by atoms with Crippen LogP contribution in [0.15, 0.2) is 24.5 Å². The van der Waals surface area contributed by atoms with Crippen molar-refractivity contribution in [2.45, 2.75) is 31.4 Å². The maximum Gasteiger partial charge on any atom is 0.0933 e. The van der Waals surface area contributed by atoms with Gasteiger partial charge in [-0.1, -0.05) is 6.07 Å². The van der Waals surface area contributed by atoms with Gasteiger partial charge in [-0.25, -0.2) is 0 Å². The second-order valence-corrected chi connectivity index (χ2v) is 4.50. The summed E-state index contributed by atoms with van der Waals surface area (Å²) in [5, 5.41) is 0. The van der Waals surface area contributed by atoms with E-state index in [1.165, 1.54) is 0 Å². The molecule has 1 aromatic rings. The van der Waals surface area contributed by atoms with Gasteiger partial charge in [0.1, 0.15) is 0 Å². The maximum absolute atomic E-state index is 6.03. The average Bonchev–Trinajstić information content (AvgIpc) is 2.42. The molecule has 100 valence electrons. The molecular formula is C13H21N3O2. The van der Waals surface area contributed by atoms with Crippen molar-refractivity contribution >= 4 is 0 Å². The number of nitrogens with zero attached hydrogens (tertiary/aromatic N) is 1. The van der Waals surface area contributed by atoms with Crippen LogP contribution in [0.4, 0.5) is 0 Å². The minimum absolute atomic E-state index is 0.0601. The third kappa shape index (κ3) is 2.70. The Morgan fingerprint density at radius 2 is 2.33 bits per heavy atom. The minimum Gasteiger partial charge on any atom is -0.381 e. The average molecular weight is 251 g/mol. The van der Waals surface area contributed by atoms with Crippen molar-refractivity contribution in [3.05, 3.63) is 30.1 Å². The minimum atomic E-state index is -0.301. The van der Waals surface area contributed by atoms with Crippen LogP contribution in [0, 0.1) is 0 Å². The van der Waals surface area contributed by atoms with Crippen LogP contribution in [0.3, 0.4) is 0 Å². The van der Waals surface area contributed by atoms with Crippen LogP contribution in [0.5, 0.6) is 0 Å². The molecule has 0 bridgehead atoms. The summed E-state index contributed by atoms with van der Waals surface area (Å²) in [6.45, 7) is 4.09. The first-order valence-electron chi connectivity index (χ1n) is 6.40. The Morgan fingerprint density at radius 1 is 1.56 bits per heavy atom. The fourth-order valence-corrected chi connectivity index (χ4v) is 2.62. The number of pyridine rings is 1. The fraction of sp³-hybridized carbons (Fsp3) is 0.615. The van der Waals surface area contributed by atoms with Gasteiger partial charge in [-0.05, 0) is 18.6 Å². The summed E-state index contributed by atoms with van der Waals surface area (Å²) in [6.07, 6.45) is 5.27. The first kappa shape index (κ1) is 13.4. The molecule has 1 unspecified atom stereocenters. The SMILES string of the molecule is CCOC1(C(NN)c2cccnc2)CCOCC1. The number of hydrazine groups is 1. The van der Waals surface area contributed by atoms with Gasteiger partial charge in [-0.3, -0.25) is 16.3 Å². The highest BCUT2D eigenvalue weighted by Gasteiger charge is 2.41. The summed E-state index contributed by atoms with van der Waals surface area (Å²) in [5.74, 6) is 5.75. The predicted molar refractivity (Wildman–Crippen MR) is 68.7 cm³/mol. The quantitative estimate of drug-likeness (QED) is 0.607. The lowest BCUT2D eigenvalue weighted by Crippen LogP contribution is -2.51. The molecule has 1 aromatic heterocycles. The normalized spacial score (nSPS) is 20.6. The zero-order chi connectivity index (χ0) is 12.8. The summed E-state index contributed by atoms with van der Waals surface area (Å²) >= 11 is 0. The van der Waals surface area contributed by atoms with E-state index >= 15 is 0 Å². The largest absolute Gasteiger partial charge is 0.381 e. The van der Waals surface area contributed by atoms with Crippen molar-refractivity contribution < 1.29 is 9.47 Å². The molecule has 5 nitrogen and oxygen atoms in total. The highest BCUT2D eigenvalue weighted by atomic mass is 16.5. The molecule has 1 fully saturated rings. The van der Waals surface area contributed by atoms with Crippen LogP contribution in [-0.2, 0) is 9.47 Å². The van der Waals surface area contributed by atoms with E-state index < -0.39 is 0 Å². The summed E-state index contributed by atoms with van der Waals surface area (Å²) in [7, 11) is 0. The number of nitrogens with two attached hydrogens (primary N) is 1. The van der Waals surface area contributed by atoms with Gasteiger partial charge < -0.3 is 9.47 Å². The second kappa shape index (κ2) is 6.24. The monoisotopic (exact) mass is 251 g/mol. The first-order valence-corrected chi connectivity index (χ1v) is 6.40. The zero-order valence-corrected chi connectivity index (χ0v) is 10.8. The molecule has 18 heavy (non-hydrogen) atoms. The molecule has 2 rings (SSSR count). The van der Waals surface area contributed by atoms with Gasteiger partial charge in [-0.15, -0.1) is 0 Å². The Labute approximate surface area is 108 Å². The number of hydrogen-bond donors (Lipinski definition) is 2. The lowest BCUT2D eigenvalue weighted by Gasteiger charge is -2.42. The summed E-state index contributed by atoms with van der Waals surface area (Å²) in [5.41, 5.74) is 3.64. The van der Waals surface area contributed by atoms with E-state index in [1.807, 2.05) is 25.3 Å². The van der Waals surface area contributed by atoms with Gasteiger partial charge in [0.2, 0.25) is 0 Å². The molecule has 1 aliphatic heterocycles. The van der Waals surface area contributed by atoms with E-state index in [2.05, 4.69) is 10.4 Å². The van der Waals surface area contributed by atoms with Crippen molar-refractivity contribution in [3.63, 3.8) is 0 Å². The first-order chi connectivity index (χ1) is 8.82. The number of hydrogen-bond acceptors (Lipinski definition) is 5. The van der Waals surface area contributed by atoms with Crippen molar-refractivity contribution in [1.29, 1.82) is 0 Å². The molecule has 1 atom stereocenters. The highest BCUT2D eigenvalue weighted by Crippen LogP contribution is 2.37. The van der Waals surface area contributed by atoms with Crippen molar-refractivity contribution in [3.8, 4) is 0 Å². The van der Waals surface area contributed by atoms with E-state index in [0.29, 0.717) is 19.8 Å². The third-order valence-electron chi connectivity index (χ3n) is 3.48. The maximum atomic E-state index is 6.03. The number of aromatic nitrogens is 1. The molecule has 0 saturated carbocycles. The van der Waals surface area contributed by atoms with Crippen LogP contribution < -0.4 is 11.3 Å². The second-order valence-electron chi connectivity index (χ2n) is 4.50. The van der Waals surface area contributed by atoms with Crippen molar-refractivity contribution in [2.75, 3.05) is 19.8 Å². The smallest absolute Gasteiger partial charge is 0.0933 e. The number of ether oxygens (including phenoxy) is 2. The molecule has 0 aliphatic carbocycles. The Bertz CT molecular complexity index is 347. The highest BCUT2D eigenvalue weighted by molar-refractivity contribution is 5.19. The van der Waals surface area contributed by atoms with Crippen LogP contribution in [0.1, 0.15) is 31.4 Å². The Kier molecular flexibility index (Phi) is 4.66. The van der Waals surface area contributed by atoms with E-state index in [0.717, 1.165) is 18.4 Å². The molecule has 2 heterocycles. The lowest BCUT2D eigenvalue weighted by atomic mass is 9.83. The van der Waals surface area contributed by atoms with Crippen molar-refractivity contribution in [1.82, 2.24) is 10.4 Å². The zero-order valence-electron chi connectivity index (χ0n) is 10.8. The molecule has 0 amide bonds. The fourth-order valence-electron chi connectivity index (χ4n) is 2.62. The van der Waals surface area contributed by atoms with Crippen LogP contribution >= 0.6 is 0 Å². The Balaban J connectivity index is 2.27. The van der Waals surface area contributed by atoms with Crippen LogP contribution in [0.2, 0.25) is 0 Å². The van der Waals surface area contributed by atoms with E-state index in [4.69, 9.17) is 15.3 Å². The molecule has 0 aromatic carbocycles. The molecule has 0 radical (unpaired) electrons. The summed E-state index contributed by atoms with van der Waals surface area (Å²) in [4.78, 5) is 4.16. The van der Waals surface area contributed by atoms with E-state index in [1.54, 1.807) is 6.20 Å². The van der Waals surface area contributed by atoms with Gasteiger partial charge >= 0.3 is 0 Å². The van der Waals surface area contributed by atoms with Crippen LogP contribution in [-0.4, -0.2) is 30.4 Å². The van der Waals surface area contributed by atoms with Gasteiger partial charge in [-0.2, -0.15) is 0 Å². The molecular weight excluding hydrogens is 230 g/mol. The topological polar surface area (TPSA) is 69.4 Å². The van der Waals surface area contributed by atoms with Crippen LogP contribution in [0.25, 0.3) is 0 Å². The molecule has 3 N–H and O–H groups in total. The summed E-state index contributed by atoms with van der Waals surface area (Å²) < 4.78 is 11.5. The third-order valence-corrected chi connectivity index (χ3v) is 3.48.